The number of fused-ring (bicyclic) bond motifs is 1. The number of hydrogen-bond donors (Lipinski definition) is 1. The molecule has 4 heteroatoms. The molecule has 1 aromatic heterocycles. The average Bonchev–Trinajstić information content (AvgIpc) is 2.36. The summed E-state index contributed by atoms with van der Waals surface area (Å²) < 4.78 is 14.6. The van der Waals surface area contributed by atoms with Crippen LogP contribution in [0.15, 0.2) is 16.6 Å². The number of nitrogens with one attached hydrogen (secondary N) is 1. The van der Waals surface area contributed by atoms with E-state index in [1.54, 1.807) is 6.07 Å². The molecule has 0 aliphatic carbocycles. The molecule has 0 saturated heterocycles. The van der Waals surface area contributed by atoms with Crippen molar-refractivity contribution in [2.75, 3.05) is 11.9 Å². The Morgan fingerprint density at radius 2 is 2.06 bits per heavy atom. The average molecular weight is 311 g/mol. The molecule has 0 fully saturated rings. The van der Waals surface area contributed by atoms with Gasteiger partial charge < -0.3 is 5.32 Å². The van der Waals surface area contributed by atoms with Crippen LogP contribution in [0.1, 0.15) is 25.0 Å². The molecule has 0 bridgehead atoms. The van der Waals surface area contributed by atoms with E-state index in [2.05, 4.69) is 26.2 Å². The first-order valence-corrected chi connectivity index (χ1v) is 6.89. The van der Waals surface area contributed by atoms with Gasteiger partial charge >= 0.3 is 0 Å². The Kier molecular flexibility index (Phi) is 3.85. The Morgan fingerprint density at radius 1 is 1.33 bits per heavy atom. The fourth-order valence-corrected chi connectivity index (χ4v) is 2.62. The summed E-state index contributed by atoms with van der Waals surface area (Å²) in [5, 5.41) is 3.82. The third-order valence-electron chi connectivity index (χ3n) is 2.99. The molecule has 0 spiro atoms. The molecule has 0 radical (unpaired) electrons. The second kappa shape index (κ2) is 5.22. The maximum atomic E-state index is 14.1. The Labute approximate surface area is 115 Å². The lowest BCUT2D eigenvalue weighted by atomic mass is 10.1. The highest BCUT2D eigenvalue weighted by molar-refractivity contribution is 9.10. The summed E-state index contributed by atoms with van der Waals surface area (Å²) in [4.78, 5) is 4.57. The monoisotopic (exact) mass is 310 g/mol. The quantitative estimate of drug-likeness (QED) is 0.906. The van der Waals surface area contributed by atoms with Gasteiger partial charge in [0.2, 0.25) is 0 Å². The van der Waals surface area contributed by atoms with Gasteiger partial charge in [0.25, 0.3) is 0 Å². The van der Waals surface area contributed by atoms with Crippen LogP contribution in [-0.2, 0) is 6.42 Å². The van der Waals surface area contributed by atoms with Crippen LogP contribution in [0, 0.1) is 12.7 Å². The van der Waals surface area contributed by atoms with Gasteiger partial charge in [-0.25, -0.2) is 9.37 Å². The number of nitrogens with zero attached hydrogens (tertiary/aromatic N) is 1. The minimum atomic E-state index is -0.235. The zero-order chi connectivity index (χ0) is 13.3. The lowest BCUT2D eigenvalue weighted by Crippen LogP contribution is -2.04. The molecule has 2 rings (SSSR count). The summed E-state index contributed by atoms with van der Waals surface area (Å²) in [7, 11) is 0. The standard InChI is InChI=1S/C14H16BrFN2/c1-4-9-7-10-12(16)11(15)6-8(3)13(10)18-14(9)17-5-2/h6-7H,4-5H2,1-3H3,(H,17,18). The molecule has 0 amide bonds. The number of anilines is 1. The fraction of sp³-hybridized carbons (Fsp3) is 0.357. The molecule has 96 valence electrons. The number of benzene rings is 1. The second-order valence-electron chi connectivity index (χ2n) is 4.27. The van der Waals surface area contributed by atoms with E-state index in [0.29, 0.717) is 9.86 Å². The Hall–Kier alpha value is -1.16. The molecule has 0 unspecified atom stereocenters. The van der Waals surface area contributed by atoms with Crippen molar-refractivity contribution in [2.45, 2.75) is 27.2 Å². The molecule has 0 saturated carbocycles. The molecule has 1 heterocycles. The van der Waals surface area contributed by atoms with Crippen molar-refractivity contribution in [2.24, 2.45) is 0 Å². The first-order chi connectivity index (χ1) is 8.58. The Balaban J connectivity index is 2.78. The maximum absolute atomic E-state index is 14.1. The lowest BCUT2D eigenvalue weighted by Gasteiger charge is -2.12. The normalized spacial score (nSPS) is 10.9. The largest absolute Gasteiger partial charge is 0.370 e. The second-order valence-corrected chi connectivity index (χ2v) is 5.12. The van der Waals surface area contributed by atoms with Crippen molar-refractivity contribution in [3.05, 3.63) is 33.5 Å². The highest BCUT2D eigenvalue weighted by atomic mass is 79.9. The van der Waals surface area contributed by atoms with Gasteiger partial charge in [0, 0.05) is 11.9 Å². The summed E-state index contributed by atoms with van der Waals surface area (Å²) in [6.45, 7) is 6.83. The van der Waals surface area contributed by atoms with Crippen molar-refractivity contribution >= 4 is 32.7 Å². The van der Waals surface area contributed by atoms with E-state index in [1.165, 1.54) is 0 Å². The lowest BCUT2D eigenvalue weighted by molar-refractivity contribution is 0.632. The van der Waals surface area contributed by atoms with E-state index < -0.39 is 0 Å². The van der Waals surface area contributed by atoms with E-state index in [4.69, 9.17) is 0 Å². The SMILES string of the molecule is CCNc1nc2c(C)cc(Br)c(F)c2cc1CC. The smallest absolute Gasteiger partial charge is 0.146 e. The highest BCUT2D eigenvalue weighted by Crippen LogP contribution is 2.30. The van der Waals surface area contributed by atoms with E-state index in [0.717, 1.165) is 35.4 Å². The number of halogens is 2. The van der Waals surface area contributed by atoms with Crippen LogP contribution in [-0.4, -0.2) is 11.5 Å². The van der Waals surface area contributed by atoms with Crippen molar-refractivity contribution in [3.8, 4) is 0 Å². The number of hydrogen-bond acceptors (Lipinski definition) is 2. The predicted octanol–water partition coefficient (Wildman–Crippen LogP) is 4.44. The Morgan fingerprint density at radius 3 is 2.67 bits per heavy atom. The molecule has 2 nitrogen and oxygen atoms in total. The van der Waals surface area contributed by atoms with Gasteiger partial charge in [0.15, 0.2) is 0 Å². The van der Waals surface area contributed by atoms with Gasteiger partial charge in [-0.05, 0) is 59.5 Å². The molecular formula is C14H16BrFN2. The van der Waals surface area contributed by atoms with Crippen molar-refractivity contribution in [3.63, 3.8) is 0 Å². The van der Waals surface area contributed by atoms with Gasteiger partial charge in [-0.2, -0.15) is 0 Å². The summed E-state index contributed by atoms with van der Waals surface area (Å²) in [5.74, 6) is 0.623. The van der Waals surface area contributed by atoms with Crippen LogP contribution in [0.3, 0.4) is 0 Å². The molecular weight excluding hydrogens is 295 g/mol. The predicted molar refractivity (Wildman–Crippen MR) is 77.7 cm³/mol. The molecule has 0 aliphatic rings. The number of rotatable bonds is 3. The van der Waals surface area contributed by atoms with Gasteiger partial charge in [-0.15, -0.1) is 0 Å². The number of aryl methyl sites for hydroxylation is 2. The van der Waals surface area contributed by atoms with Crippen LogP contribution in [0.4, 0.5) is 10.2 Å². The summed E-state index contributed by atoms with van der Waals surface area (Å²) in [5.41, 5.74) is 2.74. The summed E-state index contributed by atoms with van der Waals surface area (Å²) >= 11 is 3.24. The highest BCUT2D eigenvalue weighted by Gasteiger charge is 2.13. The minimum Gasteiger partial charge on any atom is -0.370 e. The molecule has 0 aliphatic heterocycles. The first kappa shape index (κ1) is 13.3. The maximum Gasteiger partial charge on any atom is 0.146 e. The third kappa shape index (κ3) is 2.21. The third-order valence-corrected chi connectivity index (χ3v) is 3.57. The Bertz CT molecular complexity index is 596. The molecule has 1 aromatic carbocycles. The summed E-state index contributed by atoms with van der Waals surface area (Å²) in [6.07, 6.45) is 0.830. The van der Waals surface area contributed by atoms with Crippen molar-refractivity contribution in [1.82, 2.24) is 4.98 Å². The molecule has 2 aromatic rings. The molecule has 18 heavy (non-hydrogen) atoms. The number of aromatic nitrogens is 1. The van der Waals surface area contributed by atoms with E-state index in [-0.39, 0.29) is 5.82 Å². The molecule has 0 atom stereocenters. The van der Waals surface area contributed by atoms with Crippen molar-refractivity contribution in [1.29, 1.82) is 0 Å². The van der Waals surface area contributed by atoms with Crippen molar-refractivity contribution < 1.29 is 4.39 Å². The van der Waals surface area contributed by atoms with E-state index >= 15 is 0 Å². The fourth-order valence-electron chi connectivity index (χ4n) is 2.06. The molecule has 1 N–H and O–H groups in total. The summed E-state index contributed by atoms with van der Waals surface area (Å²) in [6, 6.07) is 3.67. The van der Waals surface area contributed by atoms with E-state index in [1.807, 2.05) is 26.8 Å². The zero-order valence-electron chi connectivity index (χ0n) is 10.8. The topological polar surface area (TPSA) is 24.9 Å². The van der Waals surface area contributed by atoms with Gasteiger partial charge in [0.1, 0.15) is 11.6 Å². The zero-order valence-corrected chi connectivity index (χ0v) is 12.4. The van der Waals surface area contributed by atoms with Crippen LogP contribution in [0.2, 0.25) is 0 Å². The van der Waals surface area contributed by atoms with Crippen LogP contribution < -0.4 is 5.32 Å². The minimum absolute atomic E-state index is 0.235. The van der Waals surface area contributed by atoms with E-state index in [9.17, 15) is 4.39 Å². The van der Waals surface area contributed by atoms with Crippen LogP contribution in [0.5, 0.6) is 0 Å². The van der Waals surface area contributed by atoms with Gasteiger partial charge in [-0.3, -0.25) is 0 Å². The van der Waals surface area contributed by atoms with Gasteiger partial charge in [0.05, 0.1) is 9.99 Å². The number of pyridine rings is 1. The van der Waals surface area contributed by atoms with Crippen LogP contribution in [0.25, 0.3) is 10.9 Å². The first-order valence-electron chi connectivity index (χ1n) is 6.10. The van der Waals surface area contributed by atoms with Gasteiger partial charge in [-0.1, -0.05) is 6.92 Å². The van der Waals surface area contributed by atoms with Crippen LogP contribution >= 0.6 is 15.9 Å².